The van der Waals surface area contributed by atoms with Gasteiger partial charge in [-0.1, -0.05) is 12.7 Å². The van der Waals surface area contributed by atoms with Gasteiger partial charge in [-0.05, 0) is 26.3 Å². The van der Waals surface area contributed by atoms with Gasteiger partial charge >= 0.3 is 17.9 Å². The lowest BCUT2D eigenvalue weighted by Crippen LogP contribution is -2.50. The molecule has 1 aliphatic heterocycles. The Morgan fingerprint density at radius 2 is 1.88 bits per heavy atom. The molecular formula is C21H28N2O7S2. The van der Waals surface area contributed by atoms with Crippen molar-refractivity contribution >= 4 is 51.9 Å². The molecular weight excluding hydrogens is 456 g/mol. The van der Waals surface area contributed by atoms with Gasteiger partial charge in [0.2, 0.25) is 5.91 Å². The van der Waals surface area contributed by atoms with Crippen LogP contribution in [0.3, 0.4) is 0 Å². The fraction of sp³-hybridized carbons (Fsp3) is 0.524. The van der Waals surface area contributed by atoms with Gasteiger partial charge in [-0.15, -0.1) is 11.3 Å². The Balaban J connectivity index is 2.22. The van der Waals surface area contributed by atoms with Crippen molar-refractivity contribution in [1.29, 1.82) is 0 Å². The molecule has 0 bridgehead atoms. The molecule has 1 fully saturated rings. The van der Waals surface area contributed by atoms with Gasteiger partial charge in [0.05, 0.1) is 25.3 Å². The predicted octanol–water partition coefficient (Wildman–Crippen LogP) is 2.50. The monoisotopic (exact) mass is 484 g/mol. The summed E-state index contributed by atoms with van der Waals surface area (Å²) in [6.07, 6.45) is 1.44. The van der Waals surface area contributed by atoms with E-state index in [1.165, 1.54) is 6.08 Å². The molecule has 0 spiro atoms. The summed E-state index contributed by atoms with van der Waals surface area (Å²) in [4.78, 5) is 51.9. The van der Waals surface area contributed by atoms with E-state index in [1.54, 1.807) is 37.4 Å². The van der Waals surface area contributed by atoms with E-state index in [9.17, 15) is 19.2 Å². The molecule has 1 aliphatic rings. The normalized spacial score (nSPS) is 16.2. The second-order valence-electron chi connectivity index (χ2n) is 6.73. The Kier molecular flexibility index (Phi) is 10.2. The van der Waals surface area contributed by atoms with Crippen molar-refractivity contribution in [2.45, 2.75) is 26.8 Å². The average molecular weight is 485 g/mol. The number of amides is 1. The topological polar surface area (TPSA) is 111 Å². The lowest BCUT2D eigenvalue weighted by atomic mass is 10.1. The number of thiophene rings is 1. The minimum Gasteiger partial charge on any atom is -0.465 e. The third kappa shape index (κ3) is 6.57. The van der Waals surface area contributed by atoms with Crippen molar-refractivity contribution in [2.24, 2.45) is 0 Å². The highest BCUT2D eigenvalue weighted by Gasteiger charge is 2.32. The van der Waals surface area contributed by atoms with Crippen molar-refractivity contribution in [2.75, 3.05) is 49.7 Å². The molecule has 11 heteroatoms. The zero-order chi connectivity index (χ0) is 23.7. The molecule has 1 N–H and O–H groups in total. The standard InChI is InChI=1S/C21H28N2O7S2/c1-5-9-30-21(27)17-13(4)16(20(26)29-7-3)18(32-17)22-15(24)11-23-8-10-31-12-14(23)19(25)28-6-2/h5,14H,1,6-12H2,2-4H3,(H,22,24)/t14-/m0/s1. The molecule has 1 amide bonds. The smallest absolute Gasteiger partial charge is 0.348 e. The molecule has 176 valence electrons. The first-order valence-corrected chi connectivity index (χ1v) is 12.2. The summed E-state index contributed by atoms with van der Waals surface area (Å²) in [7, 11) is 0. The zero-order valence-electron chi connectivity index (χ0n) is 18.4. The van der Waals surface area contributed by atoms with Gasteiger partial charge in [-0.2, -0.15) is 11.8 Å². The summed E-state index contributed by atoms with van der Waals surface area (Å²) in [6.45, 7) is 9.43. The van der Waals surface area contributed by atoms with E-state index in [0.717, 1.165) is 17.1 Å². The summed E-state index contributed by atoms with van der Waals surface area (Å²) in [5.74, 6) is -0.707. The van der Waals surface area contributed by atoms with E-state index in [2.05, 4.69) is 11.9 Å². The molecule has 2 heterocycles. The maximum absolute atomic E-state index is 12.8. The molecule has 0 aromatic carbocycles. The van der Waals surface area contributed by atoms with Crippen molar-refractivity contribution in [1.82, 2.24) is 4.90 Å². The number of nitrogens with one attached hydrogen (secondary N) is 1. The molecule has 2 rings (SSSR count). The highest BCUT2D eigenvalue weighted by molar-refractivity contribution is 7.99. The van der Waals surface area contributed by atoms with Gasteiger partial charge in [0.15, 0.2) is 0 Å². The first-order valence-electron chi connectivity index (χ1n) is 10.2. The molecule has 32 heavy (non-hydrogen) atoms. The highest BCUT2D eigenvalue weighted by Crippen LogP contribution is 2.34. The van der Waals surface area contributed by atoms with E-state index in [-0.39, 0.29) is 47.8 Å². The number of anilines is 1. The maximum Gasteiger partial charge on any atom is 0.348 e. The van der Waals surface area contributed by atoms with Gasteiger partial charge in [0.25, 0.3) is 0 Å². The zero-order valence-corrected chi connectivity index (χ0v) is 20.1. The third-order valence-electron chi connectivity index (χ3n) is 4.54. The first kappa shape index (κ1) is 25.9. The van der Waals surface area contributed by atoms with E-state index in [1.807, 2.05) is 0 Å². The van der Waals surface area contributed by atoms with Crippen molar-refractivity contribution in [3.05, 3.63) is 28.7 Å². The minimum absolute atomic E-state index is 0.0226. The Morgan fingerprint density at radius 1 is 1.16 bits per heavy atom. The largest absolute Gasteiger partial charge is 0.465 e. The summed E-state index contributed by atoms with van der Waals surface area (Å²) < 4.78 is 15.3. The summed E-state index contributed by atoms with van der Waals surface area (Å²) >= 11 is 2.58. The Labute approximate surface area is 195 Å². The van der Waals surface area contributed by atoms with Crippen LogP contribution in [0.2, 0.25) is 0 Å². The van der Waals surface area contributed by atoms with Crippen molar-refractivity contribution < 1.29 is 33.4 Å². The molecule has 0 radical (unpaired) electrons. The Bertz CT molecular complexity index is 869. The maximum atomic E-state index is 12.8. The number of nitrogens with zero attached hydrogens (tertiary/aromatic N) is 1. The number of ether oxygens (including phenoxy) is 3. The first-order chi connectivity index (χ1) is 15.3. The second-order valence-corrected chi connectivity index (χ2v) is 8.90. The number of hydrogen-bond acceptors (Lipinski definition) is 10. The molecule has 0 aliphatic carbocycles. The van der Waals surface area contributed by atoms with Crippen LogP contribution in [0, 0.1) is 6.92 Å². The Morgan fingerprint density at radius 3 is 2.53 bits per heavy atom. The SMILES string of the molecule is C=CCOC(=O)c1sc(NC(=O)CN2CCSC[C@H]2C(=O)OCC)c(C(=O)OCC)c1C. The average Bonchev–Trinajstić information content (AvgIpc) is 3.08. The number of carbonyl (C=O) groups excluding carboxylic acids is 4. The minimum atomic E-state index is -0.641. The van der Waals surface area contributed by atoms with E-state index < -0.39 is 23.9 Å². The van der Waals surface area contributed by atoms with Gasteiger partial charge in [-0.25, -0.2) is 9.59 Å². The van der Waals surface area contributed by atoms with Crippen LogP contribution in [0.4, 0.5) is 5.00 Å². The summed E-state index contributed by atoms with van der Waals surface area (Å²) in [5, 5.41) is 2.92. The van der Waals surface area contributed by atoms with Crippen molar-refractivity contribution in [3.8, 4) is 0 Å². The van der Waals surface area contributed by atoms with Crippen LogP contribution in [0.25, 0.3) is 0 Å². The van der Waals surface area contributed by atoms with Gasteiger partial charge in [0, 0.05) is 18.1 Å². The van der Waals surface area contributed by atoms with Crippen LogP contribution in [0.15, 0.2) is 12.7 Å². The summed E-state index contributed by atoms with van der Waals surface area (Å²) in [5.41, 5.74) is 0.489. The van der Waals surface area contributed by atoms with Gasteiger partial charge < -0.3 is 19.5 Å². The fourth-order valence-corrected chi connectivity index (χ4v) is 5.28. The number of thioether (sulfide) groups is 1. The van der Waals surface area contributed by atoms with Gasteiger partial charge in [-0.3, -0.25) is 14.5 Å². The van der Waals surface area contributed by atoms with Crippen LogP contribution in [0.1, 0.15) is 39.4 Å². The van der Waals surface area contributed by atoms with E-state index in [0.29, 0.717) is 17.9 Å². The molecule has 0 unspecified atom stereocenters. The second kappa shape index (κ2) is 12.6. The highest BCUT2D eigenvalue weighted by atomic mass is 32.2. The quantitative estimate of drug-likeness (QED) is 0.304. The summed E-state index contributed by atoms with van der Waals surface area (Å²) in [6, 6.07) is -0.515. The van der Waals surface area contributed by atoms with Crippen LogP contribution in [-0.4, -0.2) is 79.2 Å². The van der Waals surface area contributed by atoms with Gasteiger partial charge in [0.1, 0.15) is 22.5 Å². The van der Waals surface area contributed by atoms with Crippen LogP contribution >= 0.6 is 23.1 Å². The number of hydrogen-bond donors (Lipinski definition) is 1. The number of carbonyl (C=O) groups is 4. The lowest BCUT2D eigenvalue weighted by molar-refractivity contribution is -0.148. The third-order valence-corrected chi connectivity index (χ3v) is 6.75. The molecule has 9 nitrogen and oxygen atoms in total. The molecule has 1 aromatic rings. The van der Waals surface area contributed by atoms with Crippen molar-refractivity contribution in [3.63, 3.8) is 0 Å². The predicted molar refractivity (Wildman–Crippen MR) is 123 cm³/mol. The van der Waals surface area contributed by atoms with E-state index in [4.69, 9.17) is 14.2 Å². The molecule has 1 saturated heterocycles. The molecule has 1 aromatic heterocycles. The van der Waals surface area contributed by atoms with E-state index >= 15 is 0 Å². The number of esters is 3. The van der Waals surface area contributed by atoms with Crippen LogP contribution in [0.5, 0.6) is 0 Å². The molecule has 1 atom stereocenters. The van der Waals surface area contributed by atoms with Crippen LogP contribution < -0.4 is 5.32 Å². The lowest BCUT2D eigenvalue weighted by Gasteiger charge is -2.32. The fourth-order valence-electron chi connectivity index (χ4n) is 3.08. The molecule has 0 saturated carbocycles. The van der Waals surface area contributed by atoms with Crippen LogP contribution in [-0.2, 0) is 23.8 Å². The number of rotatable bonds is 10. The Hall–Kier alpha value is -2.37.